The van der Waals surface area contributed by atoms with Gasteiger partial charge < -0.3 is 16.0 Å². The average molecular weight is 325 g/mol. The summed E-state index contributed by atoms with van der Waals surface area (Å²) in [5.74, 6) is -0.137. The zero-order valence-electron chi connectivity index (χ0n) is 14.1. The van der Waals surface area contributed by atoms with Crippen LogP contribution in [0.5, 0.6) is 0 Å². The number of anilines is 3. The fourth-order valence-electron chi connectivity index (χ4n) is 2.39. The van der Waals surface area contributed by atoms with E-state index in [1.165, 1.54) is 6.92 Å². The van der Waals surface area contributed by atoms with Gasteiger partial charge in [0.05, 0.1) is 0 Å². The van der Waals surface area contributed by atoms with Crippen LogP contribution in [0, 0.1) is 0 Å². The molecule has 0 saturated carbocycles. The van der Waals surface area contributed by atoms with Crippen molar-refractivity contribution in [2.75, 3.05) is 22.5 Å². The maximum absolute atomic E-state index is 12.1. The van der Waals surface area contributed by atoms with Crippen molar-refractivity contribution >= 4 is 28.9 Å². The Morgan fingerprint density at radius 2 is 1.71 bits per heavy atom. The topological polar surface area (TPSA) is 70.2 Å². The van der Waals surface area contributed by atoms with E-state index >= 15 is 0 Å². The number of hydrogen-bond acceptors (Lipinski definition) is 3. The molecule has 126 valence electrons. The molecule has 0 fully saturated rings. The van der Waals surface area contributed by atoms with Gasteiger partial charge in [0.15, 0.2) is 0 Å². The number of amides is 2. The summed E-state index contributed by atoms with van der Waals surface area (Å²) in [4.78, 5) is 23.1. The van der Waals surface area contributed by atoms with Crippen molar-refractivity contribution in [3.8, 4) is 0 Å². The second-order valence-electron chi connectivity index (χ2n) is 5.50. The number of rotatable bonds is 7. The van der Waals surface area contributed by atoms with Crippen molar-refractivity contribution in [2.45, 2.75) is 26.7 Å². The first-order chi connectivity index (χ1) is 11.6. The van der Waals surface area contributed by atoms with E-state index in [0.717, 1.165) is 29.0 Å². The lowest BCUT2D eigenvalue weighted by Gasteiger charge is -2.11. The highest BCUT2D eigenvalue weighted by Crippen LogP contribution is 2.16. The number of aryl methyl sites for hydroxylation is 1. The average Bonchev–Trinajstić information content (AvgIpc) is 2.55. The van der Waals surface area contributed by atoms with Crippen molar-refractivity contribution in [1.29, 1.82) is 0 Å². The van der Waals surface area contributed by atoms with Crippen molar-refractivity contribution < 1.29 is 9.59 Å². The van der Waals surface area contributed by atoms with Crippen LogP contribution >= 0.6 is 0 Å². The van der Waals surface area contributed by atoms with Gasteiger partial charge in [0.2, 0.25) is 11.8 Å². The number of para-hydroxylation sites is 1. The van der Waals surface area contributed by atoms with Gasteiger partial charge in [0.1, 0.15) is 0 Å². The van der Waals surface area contributed by atoms with Crippen LogP contribution in [0.2, 0.25) is 0 Å². The molecule has 2 rings (SSSR count). The zero-order valence-corrected chi connectivity index (χ0v) is 14.1. The third-order valence-corrected chi connectivity index (χ3v) is 3.54. The molecule has 5 nitrogen and oxygen atoms in total. The van der Waals surface area contributed by atoms with Gasteiger partial charge in [-0.25, -0.2) is 0 Å². The molecule has 0 atom stereocenters. The predicted molar refractivity (Wildman–Crippen MR) is 98.3 cm³/mol. The molecule has 0 bridgehead atoms. The van der Waals surface area contributed by atoms with E-state index in [1.807, 2.05) is 48.5 Å². The van der Waals surface area contributed by atoms with E-state index in [2.05, 4.69) is 22.9 Å². The second-order valence-corrected chi connectivity index (χ2v) is 5.50. The number of carbonyl (C=O) groups is 2. The molecule has 5 heteroatoms. The van der Waals surface area contributed by atoms with Crippen molar-refractivity contribution in [1.82, 2.24) is 0 Å². The maximum atomic E-state index is 12.1. The SMILES string of the molecule is CCc1ccccc1NC(=O)CCNc1cccc(NC(C)=O)c1. The molecule has 2 aromatic carbocycles. The normalized spacial score (nSPS) is 10.1. The first-order valence-electron chi connectivity index (χ1n) is 8.07. The number of carbonyl (C=O) groups excluding carboxylic acids is 2. The van der Waals surface area contributed by atoms with E-state index in [-0.39, 0.29) is 11.8 Å². The van der Waals surface area contributed by atoms with Gasteiger partial charge in [-0.15, -0.1) is 0 Å². The van der Waals surface area contributed by atoms with Crippen LogP contribution < -0.4 is 16.0 Å². The van der Waals surface area contributed by atoms with Gasteiger partial charge in [-0.1, -0.05) is 31.2 Å². The fraction of sp³-hybridized carbons (Fsp3) is 0.263. The summed E-state index contributed by atoms with van der Waals surface area (Å²) in [5.41, 5.74) is 3.59. The smallest absolute Gasteiger partial charge is 0.226 e. The Hall–Kier alpha value is -2.82. The molecule has 24 heavy (non-hydrogen) atoms. The minimum Gasteiger partial charge on any atom is -0.384 e. The van der Waals surface area contributed by atoms with Gasteiger partial charge in [0, 0.05) is 37.0 Å². The zero-order chi connectivity index (χ0) is 17.4. The van der Waals surface area contributed by atoms with Gasteiger partial charge in [-0.2, -0.15) is 0 Å². The highest BCUT2D eigenvalue weighted by Gasteiger charge is 2.05. The highest BCUT2D eigenvalue weighted by molar-refractivity contribution is 5.92. The van der Waals surface area contributed by atoms with E-state index in [1.54, 1.807) is 0 Å². The third-order valence-electron chi connectivity index (χ3n) is 3.54. The first-order valence-corrected chi connectivity index (χ1v) is 8.07. The molecule has 0 radical (unpaired) electrons. The molecule has 0 heterocycles. The van der Waals surface area contributed by atoms with E-state index < -0.39 is 0 Å². The summed E-state index contributed by atoms with van der Waals surface area (Å²) in [6.45, 7) is 4.05. The Balaban J connectivity index is 1.83. The molecule has 2 aromatic rings. The van der Waals surface area contributed by atoms with Gasteiger partial charge >= 0.3 is 0 Å². The van der Waals surface area contributed by atoms with Crippen LogP contribution in [-0.2, 0) is 16.0 Å². The maximum Gasteiger partial charge on any atom is 0.226 e. The first kappa shape index (κ1) is 17.5. The molecular formula is C19H23N3O2. The Bertz CT molecular complexity index is 713. The molecule has 0 aliphatic heterocycles. The van der Waals surface area contributed by atoms with Crippen LogP contribution in [0.3, 0.4) is 0 Å². The lowest BCUT2D eigenvalue weighted by Crippen LogP contribution is -2.17. The van der Waals surface area contributed by atoms with Crippen LogP contribution in [0.25, 0.3) is 0 Å². The Labute approximate surface area is 142 Å². The standard InChI is InChI=1S/C19H23N3O2/c1-3-15-7-4-5-10-18(15)22-19(24)11-12-20-16-8-6-9-17(13-16)21-14(2)23/h4-10,13,20H,3,11-12H2,1-2H3,(H,21,23)(H,22,24). The van der Waals surface area contributed by atoms with Crippen molar-refractivity contribution in [3.63, 3.8) is 0 Å². The number of benzene rings is 2. The van der Waals surface area contributed by atoms with Crippen LogP contribution in [0.15, 0.2) is 48.5 Å². The molecule has 2 amide bonds. The highest BCUT2D eigenvalue weighted by atomic mass is 16.2. The summed E-state index contributed by atoms with van der Waals surface area (Å²) in [6.07, 6.45) is 1.24. The Morgan fingerprint density at radius 3 is 2.46 bits per heavy atom. The quantitative estimate of drug-likeness (QED) is 0.728. The van der Waals surface area contributed by atoms with E-state index in [4.69, 9.17) is 0 Å². The molecular weight excluding hydrogens is 302 g/mol. The Morgan fingerprint density at radius 1 is 0.958 bits per heavy atom. The van der Waals surface area contributed by atoms with Gasteiger partial charge in [-0.3, -0.25) is 9.59 Å². The summed E-state index contributed by atoms with van der Waals surface area (Å²) in [7, 11) is 0. The largest absolute Gasteiger partial charge is 0.384 e. The summed E-state index contributed by atoms with van der Waals surface area (Å²) < 4.78 is 0. The molecule has 0 aliphatic carbocycles. The minimum atomic E-state index is -0.110. The van der Waals surface area contributed by atoms with Crippen LogP contribution in [0.1, 0.15) is 25.8 Å². The van der Waals surface area contributed by atoms with Gasteiger partial charge in [-0.05, 0) is 36.2 Å². The fourth-order valence-corrected chi connectivity index (χ4v) is 2.39. The molecule has 0 aliphatic rings. The van der Waals surface area contributed by atoms with Crippen molar-refractivity contribution in [3.05, 3.63) is 54.1 Å². The minimum absolute atomic E-state index is 0.0265. The monoisotopic (exact) mass is 325 g/mol. The van der Waals surface area contributed by atoms with Crippen LogP contribution in [0.4, 0.5) is 17.1 Å². The third kappa shape index (κ3) is 5.43. The van der Waals surface area contributed by atoms with Crippen LogP contribution in [-0.4, -0.2) is 18.4 Å². The molecule has 0 spiro atoms. The second kappa shape index (κ2) is 8.72. The molecule has 0 unspecified atom stereocenters. The summed E-state index contributed by atoms with van der Waals surface area (Å²) >= 11 is 0. The van der Waals surface area contributed by atoms with E-state index in [0.29, 0.717) is 13.0 Å². The predicted octanol–water partition coefficient (Wildman–Crippen LogP) is 3.65. The van der Waals surface area contributed by atoms with Gasteiger partial charge in [0.25, 0.3) is 0 Å². The molecule has 0 saturated heterocycles. The van der Waals surface area contributed by atoms with Crippen molar-refractivity contribution in [2.24, 2.45) is 0 Å². The Kier molecular flexibility index (Phi) is 6.37. The lowest BCUT2D eigenvalue weighted by molar-refractivity contribution is -0.116. The summed E-state index contributed by atoms with van der Waals surface area (Å²) in [6, 6.07) is 15.2. The van der Waals surface area contributed by atoms with E-state index in [9.17, 15) is 9.59 Å². The lowest BCUT2D eigenvalue weighted by atomic mass is 10.1. The molecule has 3 N–H and O–H groups in total. The summed E-state index contributed by atoms with van der Waals surface area (Å²) in [5, 5.41) is 8.87. The number of hydrogen-bond donors (Lipinski definition) is 3. The molecule has 0 aromatic heterocycles. The number of nitrogens with one attached hydrogen (secondary N) is 3.